The van der Waals surface area contributed by atoms with E-state index in [4.69, 9.17) is 4.74 Å². The maximum Gasteiger partial charge on any atom is 0.335 e. The highest BCUT2D eigenvalue weighted by Crippen LogP contribution is 2.47. The highest BCUT2D eigenvalue weighted by Gasteiger charge is 2.38. The third-order valence-electron chi connectivity index (χ3n) is 7.17. The number of fused-ring (bicyclic) bond motifs is 1. The molecule has 2 unspecified atom stereocenters. The molecule has 6 heteroatoms. The molecule has 2 heterocycles. The Morgan fingerprint density at radius 2 is 2.00 bits per heavy atom. The number of methoxy groups -OCH3 is 1. The second-order valence-corrected chi connectivity index (χ2v) is 9.07. The number of aromatic amines is 1. The van der Waals surface area contributed by atoms with Gasteiger partial charge in [-0.15, -0.1) is 0 Å². The second-order valence-electron chi connectivity index (χ2n) is 9.07. The molecular formula is C25H29N3O3. The van der Waals surface area contributed by atoms with E-state index < -0.39 is 5.97 Å². The first kappa shape index (κ1) is 20.1. The number of hydrogen-bond acceptors (Lipinski definition) is 4. The Balaban J connectivity index is 1.49. The maximum atomic E-state index is 11.3. The first-order valence-corrected chi connectivity index (χ1v) is 11.1. The molecule has 2 aliphatic rings. The Morgan fingerprint density at radius 3 is 2.68 bits per heavy atom. The number of likely N-dealkylation sites (tertiary alicyclic amines) is 1. The van der Waals surface area contributed by atoms with E-state index in [9.17, 15) is 9.90 Å². The number of carbonyl (C=O) groups is 1. The van der Waals surface area contributed by atoms with E-state index in [-0.39, 0.29) is 6.04 Å². The first-order valence-electron chi connectivity index (χ1n) is 11.1. The van der Waals surface area contributed by atoms with Gasteiger partial charge >= 0.3 is 5.97 Å². The van der Waals surface area contributed by atoms with Crippen LogP contribution < -0.4 is 4.74 Å². The van der Waals surface area contributed by atoms with Crippen LogP contribution in [0.5, 0.6) is 5.75 Å². The van der Waals surface area contributed by atoms with Crippen LogP contribution in [-0.2, 0) is 6.54 Å². The summed E-state index contributed by atoms with van der Waals surface area (Å²) < 4.78 is 5.76. The fourth-order valence-corrected chi connectivity index (χ4v) is 5.27. The van der Waals surface area contributed by atoms with Crippen LogP contribution in [0.4, 0.5) is 0 Å². The van der Waals surface area contributed by atoms with Crippen molar-refractivity contribution in [3.05, 3.63) is 58.8 Å². The summed E-state index contributed by atoms with van der Waals surface area (Å²) in [5, 5.41) is 17.8. The third kappa shape index (κ3) is 3.81. The van der Waals surface area contributed by atoms with Crippen molar-refractivity contribution in [3.8, 4) is 5.75 Å². The number of aromatic nitrogens is 2. The van der Waals surface area contributed by atoms with E-state index in [0.29, 0.717) is 5.56 Å². The van der Waals surface area contributed by atoms with Crippen LogP contribution in [0, 0.1) is 18.8 Å². The Labute approximate surface area is 182 Å². The molecule has 0 spiro atoms. The molecule has 5 rings (SSSR count). The number of piperidine rings is 1. The van der Waals surface area contributed by atoms with Crippen molar-refractivity contribution in [1.82, 2.24) is 15.1 Å². The topological polar surface area (TPSA) is 78.5 Å². The Morgan fingerprint density at radius 1 is 1.23 bits per heavy atom. The second kappa shape index (κ2) is 8.00. The number of nitrogens with one attached hydrogen (secondary N) is 1. The van der Waals surface area contributed by atoms with Crippen molar-refractivity contribution in [1.29, 1.82) is 0 Å². The fourth-order valence-electron chi connectivity index (χ4n) is 5.27. The monoisotopic (exact) mass is 419 g/mol. The fraction of sp³-hybridized carbons (Fsp3) is 0.440. The molecule has 3 aromatic rings. The van der Waals surface area contributed by atoms with Gasteiger partial charge in [0.15, 0.2) is 0 Å². The van der Waals surface area contributed by atoms with Crippen molar-refractivity contribution < 1.29 is 14.6 Å². The normalized spacial score (nSPS) is 22.0. The summed E-state index contributed by atoms with van der Waals surface area (Å²) in [6, 6.07) is 9.82. The number of H-pyrrole nitrogens is 1. The lowest BCUT2D eigenvalue weighted by atomic mass is 9.83. The van der Waals surface area contributed by atoms with Gasteiger partial charge in [0.1, 0.15) is 5.75 Å². The van der Waals surface area contributed by atoms with E-state index in [2.05, 4.69) is 28.1 Å². The van der Waals surface area contributed by atoms with E-state index in [0.717, 1.165) is 59.1 Å². The predicted octanol–water partition coefficient (Wildman–Crippen LogP) is 4.94. The number of ether oxygens (including phenoxy) is 1. The van der Waals surface area contributed by atoms with Gasteiger partial charge in [-0.05, 0) is 80.3 Å². The molecule has 31 heavy (non-hydrogen) atoms. The Hall–Kier alpha value is -2.86. The summed E-state index contributed by atoms with van der Waals surface area (Å²) in [4.78, 5) is 13.8. The molecule has 0 radical (unpaired) electrons. The summed E-state index contributed by atoms with van der Waals surface area (Å²) >= 11 is 0. The summed E-state index contributed by atoms with van der Waals surface area (Å²) in [6.07, 6.45) is 6.96. The number of hydrogen-bond donors (Lipinski definition) is 2. The van der Waals surface area contributed by atoms with Gasteiger partial charge in [0, 0.05) is 23.5 Å². The van der Waals surface area contributed by atoms with Gasteiger partial charge in [-0.1, -0.05) is 12.1 Å². The number of benzene rings is 2. The molecule has 0 amide bonds. The quantitative estimate of drug-likeness (QED) is 0.592. The zero-order valence-electron chi connectivity index (χ0n) is 18.1. The number of aromatic carboxylic acids is 1. The van der Waals surface area contributed by atoms with Crippen LogP contribution in [0.2, 0.25) is 0 Å². The lowest BCUT2D eigenvalue weighted by Gasteiger charge is -2.40. The number of nitrogens with zero attached hydrogens (tertiary/aromatic N) is 2. The Bertz CT molecular complexity index is 1100. The molecule has 1 saturated carbocycles. The first-order chi connectivity index (χ1) is 15.0. The molecule has 1 aromatic heterocycles. The van der Waals surface area contributed by atoms with Gasteiger partial charge in [-0.25, -0.2) is 4.79 Å². The smallest absolute Gasteiger partial charge is 0.335 e. The molecule has 0 bridgehead atoms. The van der Waals surface area contributed by atoms with Gasteiger partial charge in [-0.3, -0.25) is 10.00 Å². The average molecular weight is 420 g/mol. The maximum absolute atomic E-state index is 11.3. The van der Waals surface area contributed by atoms with E-state index in [1.165, 1.54) is 24.8 Å². The molecule has 162 valence electrons. The molecule has 6 nitrogen and oxygen atoms in total. The van der Waals surface area contributed by atoms with Crippen LogP contribution in [0.1, 0.15) is 58.8 Å². The van der Waals surface area contributed by atoms with Gasteiger partial charge in [0.05, 0.1) is 24.4 Å². The molecule has 2 N–H and O–H groups in total. The van der Waals surface area contributed by atoms with E-state index in [1.54, 1.807) is 19.2 Å². The zero-order chi connectivity index (χ0) is 21.5. The lowest BCUT2D eigenvalue weighted by Crippen LogP contribution is -2.37. The third-order valence-corrected chi connectivity index (χ3v) is 7.17. The average Bonchev–Trinajstić information content (AvgIpc) is 3.51. The van der Waals surface area contributed by atoms with E-state index >= 15 is 0 Å². The molecule has 2 atom stereocenters. The standard InChI is InChI=1S/C25H29N3O3/c1-15-11-23(31-2)21(20-13-26-27-24(15)20)14-28-10-9-19(16-3-4-16)12-22(28)17-5-7-18(8-6-17)25(29)30/h5-8,11,13,16,19,22H,3-4,9-10,12,14H2,1-2H3,(H,26,27)(H,29,30). The van der Waals surface area contributed by atoms with Crippen molar-refractivity contribution in [2.24, 2.45) is 11.8 Å². The van der Waals surface area contributed by atoms with Gasteiger partial charge in [0.25, 0.3) is 0 Å². The molecule has 2 fully saturated rings. The minimum absolute atomic E-state index is 0.273. The molecule has 1 saturated heterocycles. The molecule has 2 aromatic carbocycles. The highest BCUT2D eigenvalue weighted by atomic mass is 16.5. The summed E-state index contributed by atoms with van der Waals surface area (Å²) in [5.41, 5.74) is 4.89. The van der Waals surface area contributed by atoms with Crippen LogP contribution in [0.15, 0.2) is 36.5 Å². The summed E-state index contributed by atoms with van der Waals surface area (Å²) in [5.74, 6) is 1.65. The lowest BCUT2D eigenvalue weighted by molar-refractivity contribution is 0.0696. The predicted molar refractivity (Wildman–Crippen MR) is 119 cm³/mol. The minimum atomic E-state index is -0.880. The van der Waals surface area contributed by atoms with Crippen molar-refractivity contribution in [2.75, 3.05) is 13.7 Å². The highest BCUT2D eigenvalue weighted by molar-refractivity contribution is 5.88. The van der Waals surface area contributed by atoms with Gasteiger partial charge in [-0.2, -0.15) is 5.10 Å². The van der Waals surface area contributed by atoms with Crippen LogP contribution in [0.25, 0.3) is 10.9 Å². The number of carboxylic acids is 1. The Kier molecular flexibility index (Phi) is 5.18. The van der Waals surface area contributed by atoms with Gasteiger partial charge < -0.3 is 9.84 Å². The summed E-state index contributed by atoms with van der Waals surface area (Å²) in [6.45, 7) is 3.88. The number of aryl methyl sites for hydroxylation is 1. The van der Waals surface area contributed by atoms with E-state index in [1.807, 2.05) is 18.3 Å². The van der Waals surface area contributed by atoms with Crippen molar-refractivity contribution in [2.45, 2.75) is 45.2 Å². The van der Waals surface area contributed by atoms with Gasteiger partial charge in [0.2, 0.25) is 0 Å². The number of carboxylic acid groups (broad SMARTS) is 1. The van der Waals surface area contributed by atoms with Crippen LogP contribution >= 0.6 is 0 Å². The molecule has 1 aliphatic heterocycles. The van der Waals surface area contributed by atoms with Crippen LogP contribution in [0.3, 0.4) is 0 Å². The van der Waals surface area contributed by atoms with Crippen molar-refractivity contribution in [3.63, 3.8) is 0 Å². The minimum Gasteiger partial charge on any atom is -0.496 e. The van der Waals surface area contributed by atoms with Crippen LogP contribution in [-0.4, -0.2) is 39.8 Å². The largest absolute Gasteiger partial charge is 0.496 e. The number of rotatable bonds is 6. The SMILES string of the molecule is COc1cc(C)c2[nH]ncc2c1CN1CCC(C2CC2)CC1c1ccc(C(=O)O)cc1. The van der Waals surface area contributed by atoms with Crippen molar-refractivity contribution >= 4 is 16.9 Å². The molecule has 1 aliphatic carbocycles. The summed E-state index contributed by atoms with van der Waals surface area (Å²) in [7, 11) is 1.73. The molecular weight excluding hydrogens is 390 g/mol. The zero-order valence-corrected chi connectivity index (χ0v) is 18.1.